The second-order valence-corrected chi connectivity index (χ2v) is 8.80. The molecule has 31 heavy (non-hydrogen) atoms. The molecule has 0 radical (unpaired) electrons. The summed E-state index contributed by atoms with van der Waals surface area (Å²) in [5, 5.41) is 3.63. The number of hydrogen-bond donors (Lipinski definition) is 1. The first-order chi connectivity index (χ1) is 14.9. The topological polar surface area (TPSA) is 55.9 Å². The number of halogens is 1. The minimum atomic E-state index is -0.391. The van der Waals surface area contributed by atoms with Crippen LogP contribution in [0, 0.1) is 5.92 Å². The summed E-state index contributed by atoms with van der Waals surface area (Å²) in [5.74, 6) is -0.550. The summed E-state index contributed by atoms with van der Waals surface area (Å²) >= 11 is 6.23. The van der Waals surface area contributed by atoms with Gasteiger partial charge in [-0.15, -0.1) is 0 Å². The Bertz CT molecular complexity index is 955. The fourth-order valence-corrected chi connectivity index (χ4v) is 4.38. The lowest BCUT2D eigenvalue weighted by molar-refractivity contribution is -0.122. The van der Waals surface area contributed by atoms with Gasteiger partial charge in [0.2, 0.25) is 11.8 Å². The normalized spacial score (nSPS) is 19.7. The first-order valence-electron chi connectivity index (χ1n) is 10.9. The maximum absolute atomic E-state index is 13.1. The van der Waals surface area contributed by atoms with Gasteiger partial charge in [-0.05, 0) is 49.4 Å². The molecule has 6 nitrogen and oxygen atoms in total. The molecule has 0 spiro atoms. The highest BCUT2D eigenvalue weighted by Crippen LogP contribution is 2.32. The van der Waals surface area contributed by atoms with Crippen LogP contribution >= 0.6 is 11.6 Å². The van der Waals surface area contributed by atoms with Crippen molar-refractivity contribution in [3.63, 3.8) is 0 Å². The maximum atomic E-state index is 13.1. The van der Waals surface area contributed by atoms with Crippen molar-refractivity contribution in [1.29, 1.82) is 0 Å². The van der Waals surface area contributed by atoms with Crippen LogP contribution in [0.5, 0.6) is 0 Å². The Labute approximate surface area is 188 Å². The first kappa shape index (κ1) is 21.7. The van der Waals surface area contributed by atoms with Crippen molar-refractivity contribution in [2.24, 2.45) is 5.92 Å². The van der Waals surface area contributed by atoms with Gasteiger partial charge in [0.1, 0.15) is 0 Å². The zero-order valence-corrected chi connectivity index (χ0v) is 18.9. The fraction of sp³-hybridized carbons (Fsp3) is 0.417. The van der Waals surface area contributed by atoms with E-state index < -0.39 is 5.92 Å². The summed E-state index contributed by atoms with van der Waals surface area (Å²) in [6.45, 7) is 6.22. The lowest BCUT2D eigenvalue weighted by Gasteiger charge is -2.35. The minimum Gasteiger partial charge on any atom is -0.367 e. The van der Waals surface area contributed by atoms with Gasteiger partial charge in [-0.1, -0.05) is 30.7 Å². The zero-order chi connectivity index (χ0) is 22.0. The molecule has 164 valence electrons. The number of piperazine rings is 1. The number of hydrogen-bond acceptors (Lipinski definition) is 4. The summed E-state index contributed by atoms with van der Waals surface area (Å²) in [5.41, 5.74) is 3.75. The largest absolute Gasteiger partial charge is 0.367 e. The van der Waals surface area contributed by atoms with Crippen molar-refractivity contribution < 1.29 is 9.59 Å². The highest BCUT2D eigenvalue weighted by Gasteiger charge is 2.35. The van der Waals surface area contributed by atoms with E-state index in [1.807, 2.05) is 36.4 Å². The average molecular weight is 441 g/mol. The Kier molecular flexibility index (Phi) is 6.49. The molecule has 1 unspecified atom stereocenters. The van der Waals surface area contributed by atoms with Crippen LogP contribution in [0.15, 0.2) is 42.5 Å². The van der Waals surface area contributed by atoms with Gasteiger partial charge >= 0.3 is 0 Å². The molecule has 1 atom stereocenters. The highest BCUT2D eigenvalue weighted by atomic mass is 35.5. The van der Waals surface area contributed by atoms with Crippen molar-refractivity contribution in [3.05, 3.63) is 53.1 Å². The van der Waals surface area contributed by atoms with E-state index in [4.69, 9.17) is 11.6 Å². The number of carbonyl (C=O) groups excluding carboxylic acids is 2. The lowest BCUT2D eigenvalue weighted by Crippen LogP contribution is -2.44. The molecule has 2 heterocycles. The van der Waals surface area contributed by atoms with E-state index in [-0.39, 0.29) is 18.2 Å². The second-order valence-electron chi connectivity index (χ2n) is 8.37. The van der Waals surface area contributed by atoms with E-state index in [0.29, 0.717) is 17.3 Å². The molecule has 7 heteroatoms. The third-order valence-electron chi connectivity index (χ3n) is 6.21. The van der Waals surface area contributed by atoms with Crippen LogP contribution in [0.1, 0.15) is 18.9 Å². The zero-order valence-electron chi connectivity index (χ0n) is 18.1. The molecule has 0 aromatic heterocycles. The number of benzene rings is 2. The summed E-state index contributed by atoms with van der Waals surface area (Å²) in [4.78, 5) is 32.0. The van der Waals surface area contributed by atoms with Gasteiger partial charge in [-0.2, -0.15) is 0 Å². The van der Waals surface area contributed by atoms with Crippen LogP contribution in [0.3, 0.4) is 0 Å². The summed E-state index contributed by atoms with van der Waals surface area (Å²) in [7, 11) is 2.11. The molecule has 0 aliphatic carbocycles. The number of amides is 2. The second kappa shape index (κ2) is 9.28. The van der Waals surface area contributed by atoms with Gasteiger partial charge < -0.3 is 20.0 Å². The fourth-order valence-electron chi connectivity index (χ4n) is 4.21. The van der Waals surface area contributed by atoms with Crippen molar-refractivity contribution in [1.82, 2.24) is 4.90 Å². The van der Waals surface area contributed by atoms with Crippen molar-refractivity contribution in [2.75, 3.05) is 54.9 Å². The van der Waals surface area contributed by atoms with Crippen LogP contribution in [0.2, 0.25) is 5.02 Å². The predicted molar refractivity (Wildman–Crippen MR) is 126 cm³/mol. The number of rotatable bonds is 5. The van der Waals surface area contributed by atoms with Crippen molar-refractivity contribution >= 4 is 40.5 Å². The van der Waals surface area contributed by atoms with Gasteiger partial charge in [-0.3, -0.25) is 9.59 Å². The van der Waals surface area contributed by atoms with E-state index in [2.05, 4.69) is 29.1 Å². The van der Waals surface area contributed by atoms with Crippen LogP contribution in [-0.2, 0) is 16.0 Å². The Morgan fingerprint density at radius 2 is 1.81 bits per heavy atom. The maximum Gasteiger partial charge on any atom is 0.229 e. The van der Waals surface area contributed by atoms with Gasteiger partial charge in [0.25, 0.3) is 0 Å². The smallest absolute Gasteiger partial charge is 0.229 e. The molecule has 2 aliphatic rings. The van der Waals surface area contributed by atoms with E-state index in [1.165, 1.54) is 5.56 Å². The molecule has 4 rings (SSSR count). The first-order valence-corrected chi connectivity index (χ1v) is 11.3. The van der Waals surface area contributed by atoms with Crippen LogP contribution in [-0.4, -0.2) is 56.5 Å². The number of anilines is 3. The predicted octanol–water partition coefficient (Wildman–Crippen LogP) is 3.65. The van der Waals surface area contributed by atoms with E-state index in [9.17, 15) is 9.59 Å². The Balaban J connectivity index is 1.47. The quantitative estimate of drug-likeness (QED) is 0.771. The molecule has 2 amide bonds. The van der Waals surface area contributed by atoms with Crippen molar-refractivity contribution in [2.45, 2.75) is 19.8 Å². The molecule has 1 N–H and O–H groups in total. The van der Waals surface area contributed by atoms with Crippen LogP contribution < -0.4 is 15.1 Å². The summed E-state index contributed by atoms with van der Waals surface area (Å²) in [6.07, 6.45) is 1.17. The molecule has 0 bridgehead atoms. The molecular formula is C24H29ClN4O2. The molecule has 2 saturated heterocycles. The Hall–Kier alpha value is -2.57. The van der Waals surface area contributed by atoms with E-state index in [0.717, 1.165) is 44.0 Å². The molecule has 2 aromatic carbocycles. The molecule has 2 aromatic rings. The molecular weight excluding hydrogens is 412 g/mol. The third kappa shape index (κ3) is 4.86. The molecule has 2 aliphatic heterocycles. The number of carbonyl (C=O) groups is 2. The number of nitrogens with one attached hydrogen (secondary N) is 1. The lowest BCUT2D eigenvalue weighted by atomic mass is 10.1. The van der Waals surface area contributed by atoms with Gasteiger partial charge in [0.15, 0.2) is 0 Å². The van der Waals surface area contributed by atoms with Crippen LogP contribution in [0.25, 0.3) is 0 Å². The van der Waals surface area contributed by atoms with Crippen molar-refractivity contribution in [3.8, 4) is 0 Å². The Morgan fingerprint density at radius 3 is 2.48 bits per heavy atom. The van der Waals surface area contributed by atoms with E-state index in [1.54, 1.807) is 11.0 Å². The Morgan fingerprint density at radius 1 is 1.10 bits per heavy atom. The molecule has 2 fully saturated rings. The SMILES string of the molecule is CCc1ccc(N2CC(C(=O)Nc3cc(Cl)ccc3N3CCN(C)CC3)CC2=O)cc1. The number of nitrogens with zero attached hydrogens (tertiary/aromatic N) is 3. The summed E-state index contributed by atoms with van der Waals surface area (Å²) < 4.78 is 0. The number of likely N-dealkylation sites (N-methyl/N-ethyl adjacent to an activating group) is 1. The van der Waals surface area contributed by atoms with Gasteiger partial charge in [0.05, 0.1) is 17.3 Å². The van der Waals surface area contributed by atoms with Gasteiger partial charge in [0, 0.05) is 49.9 Å². The minimum absolute atomic E-state index is 0.0187. The van der Waals surface area contributed by atoms with Crippen LogP contribution in [0.4, 0.5) is 17.1 Å². The summed E-state index contributed by atoms with van der Waals surface area (Å²) in [6, 6.07) is 13.6. The average Bonchev–Trinajstić information content (AvgIpc) is 3.16. The monoisotopic (exact) mass is 440 g/mol. The third-order valence-corrected chi connectivity index (χ3v) is 6.45. The highest BCUT2D eigenvalue weighted by molar-refractivity contribution is 6.31. The number of aryl methyl sites for hydroxylation is 1. The van der Waals surface area contributed by atoms with Gasteiger partial charge in [-0.25, -0.2) is 0 Å². The standard InChI is InChI=1S/C24H29ClN4O2/c1-3-17-4-7-20(8-5-17)29-16-18(14-23(29)30)24(31)26-21-15-19(25)6-9-22(21)28-12-10-27(2)11-13-28/h4-9,15,18H,3,10-14,16H2,1-2H3,(H,26,31). The van der Waals surface area contributed by atoms with E-state index >= 15 is 0 Å². The molecule has 0 saturated carbocycles.